The Balaban J connectivity index is 1.70. The van der Waals surface area contributed by atoms with E-state index in [-0.39, 0.29) is 10.8 Å². The summed E-state index contributed by atoms with van der Waals surface area (Å²) in [4.78, 5) is 13.1. The Morgan fingerprint density at radius 2 is 1.64 bits per heavy atom. The van der Waals surface area contributed by atoms with Gasteiger partial charge in [-0.2, -0.15) is 0 Å². The Morgan fingerprint density at radius 3 is 2.25 bits per heavy atom. The largest absolute Gasteiger partial charge is 0.323 e. The molecule has 1 amide bonds. The summed E-state index contributed by atoms with van der Waals surface area (Å²) in [5, 5.41) is 4.65. The van der Waals surface area contributed by atoms with Crippen LogP contribution in [0.2, 0.25) is 0 Å². The summed E-state index contributed by atoms with van der Waals surface area (Å²) in [7, 11) is -3.72. The number of hydrogen-bond acceptors (Lipinski definition) is 4. The lowest BCUT2D eigenvalue weighted by Crippen LogP contribution is -2.15. The van der Waals surface area contributed by atoms with Crippen LogP contribution in [0.25, 0.3) is 6.08 Å². The van der Waals surface area contributed by atoms with Gasteiger partial charge < -0.3 is 5.32 Å². The molecule has 0 spiro atoms. The number of hydrogen-bond donors (Lipinski definition) is 2. The van der Waals surface area contributed by atoms with Crippen molar-refractivity contribution in [2.45, 2.75) is 18.7 Å². The van der Waals surface area contributed by atoms with Gasteiger partial charge in [-0.1, -0.05) is 24.3 Å². The van der Waals surface area contributed by atoms with E-state index in [9.17, 15) is 13.2 Å². The van der Waals surface area contributed by atoms with Crippen molar-refractivity contribution in [2.24, 2.45) is 0 Å². The standard InChI is InChI=1S/C21H20N2O3S2/c1-15-5-3-6-16(2)21(15)23-28(25,26)19-11-8-17(9-12-19)22-20(24)13-10-18-7-4-14-27-18/h3-14,23H,1-2H3,(H,22,24). The van der Waals surface area contributed by atoms with Gasteiger partial charge in [0.2, 0.25) is 5.91 Å². The van der Waals surface area contributed by atoms with E-state index in [0.29, 0.717) is 11.4 Å². The van der Waals surface area contributed by atoms with Gasteiger partial charge in [0.15, 0.2) is 0 Å². The average Bonchev–Trinajstić information content (AvgIpc) is 3.17. The number of rotatable bonds is 6. The number of carbonyl (C=O) groups excluding carboxylic acids is 1. The van der Waals surface area contributed by atoms with Crippen LogP contribution in [0.3, 0.4) is 0 Å². The lowest BCUT2D eigenvalue weighted by Gasteiger charge is -2.13. The van der Waals surface area contributed by atoms with Crippen molar-refractivity contribution >= 4 is 44.7 Å². The summed E-state index contributed by atoms with van der Waals surface area (Å²) < 4.78 is 28.0. The van der Waals surface area contributed by atoms with E-state index in [2.05, 4.69) is 10.0 Å². The summed E-state index contributed by atoms with van der Waals surface area (Å²) in [5.74, 6) is -0.280. The lowest BCUT2D eigenvalue weighted by molar-refractivity contribution is -0.111. The van der Waals surface area contributed by atoms with Crippen molar-refractivity contribution in [3.63, 3.8) is 0 Å². The van der Waals surface area contributed by atoms with Crippen LogP contribution < -0.4 is 10.0 Å². The second-order valence-electron chi connectivity index (χ2n) is 6.23. The van der Waals surface area contributed by atoms with Crippen LogP contribution in [0.1, 0.15) is 16.0 Å². The van der Waals surface area contributed by atoms with Crippen LogP contribution in [0.4, 0.5) is 11.4 Å². The molecule has 7 heteroatoms. The van der Waals surface area contributed by atoms with Gasteiger partial charge in [0.1, 0.15) is 0 Å². The van der Waals surface area contributed by atoms with Gasteiger partial charge in [-0.25, -0.2) is 8.42 Å². The number of nitrogens with one attached hydrogen (secondary N) is 2. The summed E-state index contributed by atoms with van der Waals surface area (Å²) in [5.41, 5.74) is 2.81. The number of thiophene rings is 1. The minimum Gasteiger partial charge on any atom is -0.323 e. The monoisotopic (exact) mass is 412 g/mol. The molecule has 2 N–H and O–H groups in total. The highest BCUT2D eigenvalue weighted by Crippen LogP contribution is 2.24. The number of anilines is 2. The van der Waals surface area contributed by atoms with Crippen LogP contribution in [-0.2, 0) is 14.8 Å². The van der Waals surface area contributed by atoms with E-state index in [1.165, 1.54) is 29.5 Å². The SMILES string of the molecule is Cc1cccc(C)c1NS(=O)(=O)c1ccc(NC(=O)C=Cc2cccs2)cc1. The zero-order valence-electron chi connectivity index (χ0n) is 15.5. The summed E-state index contributed by atoms with van der Waals surface area (Å²) >= 11 is 1.54. The first kappa shape index (κ1) is 19.9. The highest BCUT2D eigenvalue weighted by atomic mass is 32.2. The van der Waals surface area contributed by atoms with Crippen molar-refractivity contribution in [1.29, 1.82) is 0 Å². The molecule has 0 saturated carbocycles. The molecule has 0 saturated heterocycles. The molecule has 0 aliphatic rings. The molecule has 3 aromatic rings. The molecule has 5 nitrogen and oxygen atoms in total. The molecule has 0 unspecified atom stereocenters. The highest BCUT2D eigenvalue weighted by Gasteiger charge is 2.16. The van der Waals surface area contributed by atoms with Crippen molar-refractivity contribution in [3.8, 4) is 0 Å². The zero-order chi connectivity index (χ0) is 20.1. The molecule has 0 aliphatic carbocycles. The Labute approximate surface area is 168 Å². The Bertz CT molecular complexity index is 1080. The van der Waals surface area contributed by atoms with Gasteiger partial charge in [-0.05, 0) is 66.8 Å². The predicted octanol–water partition coefficient (Wildman–Crippen LogP) is 4.82. The van der Waals surface area contributed by atoms with E-state index in [1.807, 2.05) is 49.6 Å². The Morgan fingerprint density at radius 1 is 0.964 bits per heavy atom. The molecule has 2 aromatic carbocycles. The third-order valence-electron chi connectivity index (χ3n) is 4.09. The molecule has 0 aliphatic heterocycles. The number of benzene rings is 2. The maximum absolute atomic E-state index is 12.7. The molecule has 28 heavy (non-hydrogen) atoms. The Hall–Kier alpha value is -2.90. The van der Waals surface area contributed by atoms with Gasteiger partial charge in [-0.3, -0.25) is 9.52 Å². The molecule has 1 aromatic heterocycles. The maximum Gasteiger partial charge on any atom is 0.261 e. The number of aryl methyl sites for hydroxylation is 2. The van der Waals surface area contributed by atoms with Crippen LogP contribution in [-0.4, -0.2) is 14.3 Å². The molecule has 144 valence electrons. The molecule has 1 heterocycles. The van der Waals surface area contributed by atoms with Gasteiger partial charge in [-0.15, -0.1) is 11.3 Å². The van der Waals surface area contributed by atoms with E-state index >= 15 is 0 Å². The predicted molar refractivity (Wildman–Crippen MR) is 115 cm³/mol. The molecular weight excluding hydrogens is 392 g/mol. The number of sulfonamides is 1. The number of para-hydroxylation sites is 1. The van der Waals surface area contributed by atoms with Gasteiger partial charge in [0.25, 0.3) is 10.0 Å². The fraction of sp³-hybridized carbons (Fsp3) is 0.0952. The summed E-state index contributed by atoms with van der Waals surface area (Å²) in [6.07, 6.45) is 3.17. The van der Waals surface area contributed by atoms with E-state index in [0.717, 1.165) is 16.0 Å². The van der Waals surface area contributed by atoms with Gasteiger partial charge >= 0.3 is 0 Å². The molecular formula is C21H20N2O3S2. The fourth-order valence-electron chi connectivity index (χ4n) is 2.61. The third kappa shape index (κ3) is 4.88. The van der Waals surface area contributed by atoms with E-state index in [1.54, 1.807) is 18.2 Å². The maximum atomic E-state index is 12.7. The minimum absolute atomic E-state index is 0.127. The molecule has 0 bridgehead atoms. The average molecular weight is 413 g/mol. The topological polar surface area (TPSA) is 75.3 Å². The molecule has 0 radical (unpaired) electrons. The fourth-order valence-corrected chi connectivity index (χ4v) is 4.43. The smallest absolute Gasteiger partial charge is 0.261 e. The second-order valence-corrected chi connectivity index (χ2v) is 8.90. The normalized spacial score (nSPS) is 11.5. The summed E-state index contributed by atoms with van der Waals surface area (Å²) in [6.45, 7) is 3.71. The minimum atomic E-state index is -3.72. The third-order valence-corrected chi connectivity index (χ3v) is 6.30. The van der Waals surface area contributed by atoms with Crippen LogP contribution in [0, 0.1) is 13.8 Å². The summed E-state index contributed by atoms with van der Waals surface area (Å²) in [6, 6.07) is 15.5. The van der Waals surface area contributed by atoms with E-state index in [4.69, 9.17) is 0 Å². The van der Waals surface area contributed by atoms with E-state index < -0.39 is 10.0 Å². The quantitative estimate of drug-likeness (QED) is 0.570. The van der Waals surface area contributed by atoms with Crippen molar-refractivity contribution < 1.29 is 13.2 Å². The van der Waals surface area contributed by atoms with Gasteiger partial charge in [0, 0.05) is 16.6 Å². The molecule has 0 atom stereocenters. The number of carbonyl (C=O) groups is 1. The molecule has 3 rings (SSSR count). The first-order valence-corrected chi connectivity index (χ1v) is 10.9. The lowest BCUT2D eigenvalue weighted by atomic mass is 10.1. The van der Waals surface area contributed by atoms with Crippen LogP contribution in [0.5, 0.6) is 0 Å². The van der Waals surface area contributed by atoms with Crippen molar-refractivity contribution in [1.82, 2.24) is 0 Å². The van der Waals surface area contributed by atoms with Crippen LogP contribution >= 0.6 is 11.3 Å². The van der Waals surface area contributed by atoms with Crippen molar-refractivity contribution in [3.05, 3.63) is 82.1 Å². The highest BCUT2D eigenvalue weighted by molar-refractivity contribution is 7.92. The Kier molecular flexibility index (Phi) is 5.96. The first-order valence-electron chi connectivity index (χ1n) is 8.57. The van der Waals surface area contributed by atoms with Gasteiger partial charge in [0.05, 0.1) is 10.6 Å². The van der Waals surface area contributed by atoms with Crippen molar-refractivity contribution in [2.75, 3.05) is 10.0 Å². The second kappa shape index (κ2) is 8.41. The zero-order valence-corrected chi connectivity index (χ0v) is 17.1. The first-order chi connectivity index (χ1) is 13.3. The number of amides is 1. The molecule has 0 fully saturated rings. The van der Waals surface area contributed by atoms with Crippen LogP contribution in [0.15, 0.2) is 70.9 Å².